The normalized spacial score (nSPS) is 25.4. The Kier molecular flexibility index (Phi) is 2.72. The van der Waals surface area contributed by atoms with Crippen molar-refractivity contribution in [2.24, 2.45) is 11.7 Å². The van der Waals surface area contributed by atoms with E-state index in [-0.39, 0.29) is 11.6 Å². The molecule has 2 unspecified atom stereocenters. The van der Waals surface area contributed by atoms with E-state index in [0.29, 0.717) is 16.7 Å². The Hall–Kier alpha value is -2.00. The van der Waals surface area contributed by atoms with E-state index in [9.17, 15) is 9.59 Å². The smallest absolute Gasteiger partial charge is 0.190 e. The molecule has 2 aliphatic rings. The summed E-state index contributed by atoms with van der Waals surface area (Å²) in [6, 6.07) is 6.59. The van der Waals surface area contributed by atoms with Crippen LogP contribution in [0.5, 0.6) is 0 Å². The maximum absolute atomic E-state index is 12.6. The molecule has 0 aliphatic heterocycles. The van der Waals surface area contributed by atoms with Gasteiger partial charge in [-0.2, -0.15) is 0 Å². The molecule has 3 rings (SSSR count). The first-order valence-corrected chi connectivity index (χ1v) is 6.50. The molecule has 0 radical (unpaired) electrons. The van der Waals surface area contributed by atoms with Gasteiger partial charge in [0.2, 0.25) is 0 Å². The van der Waals surface area contributed by atoms with E-state index in [4.69, 9.17) is 5.73 Å². The summed E-state index contributed by atoms with van der Waals surface area (Å²) in [5.74, 6) is -0.591. The Morgan fingerprint density at radius 1 is 1.16 bits per heavy atom. The number of hydrogen-bond donors (Lipinski definition) is 1. The second-order valence-corrected chi connectivity index (χ2v) is 4.95. The highest BCUT2D eigenvalue weighted by atomic mass is 16.1. The average Bonchev–Trinajstić information content (AvgIpc) is 2.44. The van der Waals surface area contributed by atoms with Crippen LogP contribution in [-0.2, 0) is 0 Å². The van der Waals surface area contributed by atoms with Gasteiger partial charge in [-0.1, -0.05) is 43.3 Å². The number of ketones is 2. The lowest BCUT2D eigenvalue weighted by Crippen LogP contribution is -2.43. The number of allylic oxidation sites excluding steroid dienone is 2. The zero-order chi connectivity index (χ0) is 13.6. The monoisotopic (exact) mass is 253 g/mol. The van der Waals surface area contributed by atoms with Gasteiger partial charge >= 0.3 is 0 Å². The first-order valence-electron chi connectivity index (χ1n) is 6.50. The number of rotatable bonds is 1. The molecule has 0 aromatic heterocycles. The second-order valence-electron chi connectivity index (χ2n) is 4.95. The third-order valence-corrected chi connectivity index (χ3v) is 3.91. The Morgan fingerprint density at radius 3 is 2.53 bits per heavy atom. The summed E-state index contributed by atoms with van der Waals surface area (Å²) in [4.78, 5) is 25.2. The van der Waals surface area contributed by atoms with Crippen LogP contribution in [-0.4, -0.2) is 17.6 Å². The molecule has 0 fully saturated rings. The van der Waals surface area contributed by atoms with Gasteiger partial charge in [0.25, 0.3) is 0 Å². The average molecular weight is 253 g/mol. The second kappa shape index (κ2) is 4.28. The molecule has 1 aromatic carbocycles. The standard InChI is InChI=1S/C16H15NO2/c1-2-9-7-8-12(17)14-13(9)15(18)10-5-3-4-6-11(10)16(14)19/h3-8,12,14H,2,17H2,1H3. The van der Waals surface area contributed by atoms with Crippen LogP contribution < -0.4 is 5.73 Å². The first-order chi connectivity index (χ1) is 9.15. The molecular formula is C16H15NO2. The predicted molar refractivity (Wildman–Crippen MR) is 73.0 cm³/mol. The molecule has 3 nitrogen and oxygen atoms in total. The van der Waals surface area contributed by atoms with Crippen molar-refractivity contribution < 1.29 is 9.59 Å². The highest BCUT2D eigenvalue weighted by Gasteiger charge is 2.41. The van der Waals surface area contributed by atoms with Crippen LogP contribution in [0.25, 0.3) is 0 Å². The van der Waals surface area contributed by atoms with Gasteiger partial charge in [0.1, 0.15) is 0 Å². The van der Waals surface area contributed by atoms with Gasteiger partial charge in [-0.15, -0.1) is 0 Å². The minimum absolute atomic E-state index is 0.0343. The number of fused-ring (bicyclic) bond motifs is 2. The quantitative estimate of drug-likeness (QED) is 0.835. The molecular weight excluding hydrogens is 238 g/mol. The molecule has 19 heavy (non-hydrogen) atoms. The molecule has 3 heteroatoms. The number of carbonyl (C=O) groups excluding carboxylic acids is 2. The van der Waals surface area contributed by atoms with E-state index in [2.05, 4.69) is 0 Å². The van der Waals surface area contributed by atoms with Crippen molar-refractivity contribution in [3.63, 3.8) is 0 Å². The Balaban J connectivity index is 2.28. The fraction of sp³-hybridized carbons (Fsp3) is 0.250. The lowest BCUT2D eigenvalue weighted by Gasteiger charge is -2.32. The van der Waals surface area contributed by atoms with Crippen molar-refractivity contribution in [2.45, 2.75) is 19.4 Å². The third-order valence-electron chi connectivity index (χ3n) is 3.91. The topological polar surface area (TPSA) is 60.2 Å². The van der Waals surface area contributed by atoms with Gasteiger partial charge in [0, 0.05) is 22.7 Å². The largest absolute Gasteiger partial charge is 0.324 e. The van der Waals surface area contributed by atoms with Crippen molar-refractivity contribution in [3.8, 4) is 0 Å². The summed E-state index contributed by atoms with van der Waals surface area (Å²) >= 11 is 0. The minimum atomic E-state index is -0.512. The van der Waals surface area contributed by atoms with Gasteiger partial charge in [0.05, 0.1) is 5.92 Å². The van der Waals surface area contributed by atoms with E-state index >= 15 is 0 Å². The van der Waals surface area contributed by atoms with Crippen LogP contribution in [0.2, 0.25) is 0 Å². The molecule has 0 saturated carbocycles. The van der Waals surface area contributed by atoms with E-state index in [1.807, 2.05) is 19.1 Å². The third kappa shape index (κ3) is 1.62. The van der Waals surface area contributed by atoms with Gasteiger partial charge in [-0.25, -0.2) is 0 Å². The van der Waals surface area contributed by atoms with Crippen LogP contribution >= 0.6 is 0 Å². The number of benzene rings is 1. The molecule has 2 N–H and O–H groups in total. The Morgan fingerprint density at radius 2 is 1.84 bits per heavy atom. The minimum Gasteiger partial charge on any atom is -0.324 e. The van der Waals surface area contributed by atoms with Crippen LogP contribution in [0.15, 0.2) is 47.6 Å². The van der Waals surface area contributed by atoms with E-state index < -0.39 is 12.0 Å². The number of Topliss-reactive ketones (excluding diaryl/α,β-unsaturated/α-hetero) is 2. The maximum Gasteiger partial charge on any atom is 0.190 e. The molecule has 0 heterocycles. The lowest BCUT2D eigenvalue weighted by atomic mass is 9.70. The van der Waals surface area contributed by atoms with E-state index in [0.717, 1.165) is 12.0 Å². The highest BCUT2D eigenvalue weighted by Crippen LogP contribution is 2.37. The molecule has 0 spiro atoms. The Bertz CT molecular complexity index is 640. The molecule has 2 aliphatic carbocycles. The number of carbonyl (C=O) groups is 2. The van der Waals surface area contributed by atoms with Crippen LogP contribution in [0, 0.1) is 5.92 Å². The van der Waals surface area contributed by atoms with Gasteiger partial charge in [-0.3, -0.25) is 9.59 Å². The van der Waals surface area contributed by atoms with E-state index in [1.165, 1.54) is 0 Å². The lowest BCUT2D eigenvalue weighted by molar-refractivity contribution is 0.0872. The summed E-state index contributed by atoms with van der Waals surface area (Å²) in [5.41, 5.74) is 8.56. The number of hydrogen-bond acceptors (Lipinski definition) is 3. The van der Waals surface area contributed by atoms with Crippen molar-refractivity contribution in [1.82, 2.24) is 0 Å². The van der Waals surface area contributed by atoms with E-state index in [1.54, 1.807) is 24.3 Å². The van der Waals surface area contributed by atoms with Crippen LogP contribution in [0.1, 0.15) is 34.1 Å². The summed E-state index contributed by atoms with van der Waals surface area (Å²) in [6.07, 6.45) is 4.44. The van der Waals surface area contributed by atoms with Crippen LogP contribution in [0.3, 0.4) is 0 Å². The Labute approximate surface area is 111 Å². The number of nitrogens with two attached hydrogens (primary N) is 1. The summed E-state index contributed by atoms with van der Waals surface area (Å²) < 4.78 is 0. The molecule has 0 saturated heterocycles. The fourth-order valence-electron chi connectivity index (χ4n) is 2.93. The zero-order valence-corrected chi connectivity index (χ0v) is 10.7. The zero-order valence-electron chi connectivity index (χ0n) is 10.7. The van der Waals surface area contributed by atoms with Crippen LogP contribution in [0.4, 0.5) is 0 Å². The SMILES string of the molecule is CCC1=C2C(=O)c3ccccc3C(=O)C2C(N)C=C1. The highest BCUT2D eigenvalue weighted by molar-refractivity contribution is 6.24. The van der Waals surface area contributed by atoms with Crippen molar-refractivity contribution >= 4 is 11.6 Å². The van der Waals surface area contributed by atoms with Crippen molar-refractivity contribution in [3.05, 3.63) is 58.7 Å². The summed E-state index contributed by atoms with van der Waals surface area (Å²) in [6.45, 7) is 1.98. The molecule has 96 valence electrons. The summed E-state index contributed by atoms with van der Waals surface area (Å²) in [5, 5.41) is 0. The fourth-order valence-corrected chi connectivity index (χ4v) is 2.93. The van der Waals surface area contributed by atoms with Crippen molar-refractivity contribution in [2.75, 3.05) is 0 Å². The maximum atomic E-state index is 12.6. The summed E-state index contributed by atoms with van der Waals surface area (Å²) in [7, 11) is 0. The van der Waals surface area contributed by atoms with Gasteiger partial charge in [0.15, 0.2) is 11.6 Å². The van der Waals surface area contributed by atoms with Crippen molar-refractivity contribution in [1.29, 1.82) is 0 Å². The van der Waals surface area contributed by atoms with Gasteiger partial charge < -0.3 is 5.73 Å². The van der Waals surface area contributed by atoms with Gasteiger partial charge in [-0.05, 0) is 12.0 Å². The molecule has 0 bridgehead atoms. The molecule has 0 amide bonds. The molecule has 1 aromatic rings. The first kappa shape index (κ1) is 12.1. The predicted octanol–water partition coefficient (Wildman–Crippen LogP) is 2.29. The molecule has 2 atom stereocenters.